The first kappa shape index (κ1) is 15.7. The van der Waals surface area contributed by atoms with Gasteiger partial charge in [0.1, 0.15) is 0 Å². The van der Waals surface area contributed by atoms with E-state index in [4.69, 9.17) is 15.1 Å². The summed E-state index contributed by atoms with van der Waals surface area (Å²) in [5.41, 5.74) is 0. The van der Waals surface area contributed by atoms with Gasteiger partial charge in [-0.2, -0.15) is 0 Å². The molecule has 3 N–H and O–H groups in total. The van der Waals surface area contributed by atoms with Crippen molar-refractivity contribution < 1.29 is 33.6 Å². The minimum atomic E-state index is -2.17. The molecule has 3 nitrogen and oxygen atoms in total. The molecule has 1 radical (unpaired) electrons. The minimum absolute atomic E-state index is 0. The van der Waals surface area contributed by atoms with Gasteiger partial charge < -0.3 is 15.1 Å². The van der Waals surface area contributed by atoms with Crippen LogP contribution in [0, 0.1) is 0 Å². The van der Waals surface area contributed by atoms with E-state index in [0.29, 0.717) is 0 Å². The molecule has 0 aromatic heterocycles. The Hall–Kier alpha value is 2.10. The van der Waals surface area contributed by atoms with Crippen LogP contribution in [0.2, 0.25) is 0 Å². The van der Waals surface area contributed by atoms with Gasteiger partial charge in [-0.25, -0.2) is 0 Å². The summed E-state index contributed by atoms with van der Waals surface area (Å²) in [5, 5.41) is 21.5. The molecule has 0 saturated heterocycles. The first-order chi connectivity index (χ1) is 1.73. The Balaban J connectivity index is -0.0000000450. The van der Waals surface area contributed by atoms with Crippen molar-refractivity contribution in [2.24, 2.45) is 0 Å². The Labute approximate surface area is 88.3 Å². The third kappa shape index (κ3) is 36.0. The van der Waals surface area contributed by atoms with Gasteiger partial charge in [-0.3, -0.25) is 0 Å². The predicted molar refractivity (Wildman–Crippen MR) is 21.0 cm³/mol. The normalized spacial score (nSPS) is 4.50. The Kier molecular flexibility index (Phi) is 26.6. The van der Waals surface area contributed by atoms with Crippen LogP contribution in [0.5, 0.6) is 0 Å². The fourth-order valence-corrected chi connectivity index (χ4v) is 0. The minimum Gasteiger partial charge on any atom is 0 e. The third-order valence-electron chi connectivity index (χ3n) is 0. The fourth-order valence-electron chi connectivity index (χ4n) is 0. The van der Waals surface area contributed by atoms with Crippen LogP contribution in [-0.2, 0) is 18.6 Å². The monoisotopic (exact) mass is 253 g/mol. The summed E-state index contributed by atoms with van der Waals surface area (Å²) in [5.74, 6) is 0. The summed E-state index contributed by atoms with van der Waals surface area (Å²) in [6, 6.07) is 0. The van der Waals surface area contributed by atoms with E-state index in [1.807, 2.05) is 0 Å². The second-order valence-corrected chi connectivity index (χ2v) is 0.346. The van der Waals surface area contributed by atoms with Crippen molar-refractivity contribution in [3.05, 3.63) is 0 Å². The van der Waals surface area contributed by atoms with Gasteiger partial charge in [0.05, 0.1) is 0 Å². The van der Waals surface area contributed by atoms with Gasteiger partial charge in [-0.15, -0.1) is 0 Å². The largest absolute Gasteiger partial charge is 0 e. The zero-order valence-corrected chi connectivity index (χ0v) is 3.76. The van der Waals surface area contributed by atoms with Crippen molar-refractivity contribution in [3.8, 4) is 0 Å². The maximum Gasteiger partial charge on any atom is 0 e. The Morgan fingerprint density at radius 2 is 1.00 bits per heavy atom. The molecule has 0 aliphatic heterocycles. The zero-order valence-electron chi connectivity index (χ0n) is 2.37. The van der Waals surface area contributed by atoms with E-state index < -0.39 is 7.32 Å². The maximum absolute atomic E-state index is 7.17. The molecule has 0 unspecified atom stereocenters. The molecule has 0 aromatic rings. The van der Waals surface area contributed by atoms with Crippen molar-refractivity contribution in [3.63, 3.8) is 0 Å². The van der Waals surface area contributed by atoms with Crippen molar-refractivity contribution in [1.29, 1.82) is 0 Å². The summed E-state index contributed by atoms with van der Waals surface area (Å²) in [6.07, 6.45) is 0. The van der Waals surface area contributed by atoms with E-state index in [0.717, 1.165) is 0 Å². The molecule has 0 spiro atoms. The van der Waals surface area contributed by atoms with Crippen LogP contribution < -0.4 is 0 Å². The molecule has 0 heterocycles. The van der Waals surface area contributed by atoms with E-state index in [2.05, 4.69) is 0 Å². The number of hydrogen-bond acceptors (Lipinski definition) is 3. The fraction of sp³-hybridized carbons (Fsp3) is 0. The summed E-state index contributed by atoms with van der Waals surface area (Å²) in [4.78, 5) is 0. The van der Waals surface area contributed by atoms with Crippen LogP contribution in [-0.4, -0.2) is 71.3 Å². The van der Waals surface area contributed by atoms with Crippen molar-refractivity contribution in [2.45, 2.75) is 0 Å². The van der Waals surface area contributed by atoms with Crippen LogP contribution in [0.3, 0.4) is 0 Å². The average molecular weight is 252 g/mol. The second kappa shape index (κ2) is 10.2. The smallest absolute Gasteiger partial charge is 0 e. The number of hydrogen-bond donors (Lipinski definition) is 3. The van der Waals surface area contributed by atoms with E-state index in [1.165, 1.54) is 0 Å². The molecule has 0 amide bonds. The van der Waals surface area contributed by atoms with Crippen molar-refractivity contribution >= 4 is 56.2 Å². The van der Waals surface area contributed by atoms with Crippen molar-refractivity contribution in [2.75, 3.05) is 0 Å². The summed E-state index contributed by atoms with van der Waals surface area (Å²) < 4.78 is 0. The zero-order chi connectivity index (χ0) is 3.58. The van der Waals surface area contributed by atoms with Crippen molar-refractivity contribution in [1.82, 2.24) is 0 Å². The van der Waals surface area contributed by atoms with Crippen LogP contribution in [0.15, 0.2) is 0 Å². The van der Waals surface area contributed by atoms with E-state index in [-0.39, 0.29) is 67.4 Å². The molecule has 0 bridgehead atoms. The Bertz CT molecular complexity index is 15.5. The molecule has 33 valence electrons. The van der Waals surface area contributed by atoms with E-state index in [9.17, 15) is 0 Å². The number of rotatable bonds is 0. The molecular weight excluding hydrogens is 247 g/mol. The Morgan fingerprint density at radius 3 is 1.00 bits per heavy atom. The molecule has 0 aliphatic rings. The van der Waals surface area contributed by atoms with Gasteiger partial charge in [0.15, 0.2) is 0 Å². The standard InChI is InChI=1S/BH3O3.Ba.V.2H/c2-1(3)4;;;;/h2-4H;;;;. The quantitative estimate of drug-likeness (QED) is 0.403. The van der Waals surface area contributed by atoms with Crippen LogP contribution in [0.4, 0.5) is 0 Å². The second-order valence-electron chi connectivity index (χ2n) is 0.346. The van der Waals surface area contributed by atoms with Gasteiger partial charge in [0.2, 0.25) is 0 Å². The van der Waals surface area contributed by atoms with Gasteiger partial charge in [0, 0.05) is 18.6 Å². The average Bonchev–Trinajstić information content (AvgIpc) is 0.811. The summed E-state index contributed by atoms with van der Waals surface area (Å²) in [6.45, 7) is 0. The van der Waals surface area contributed by atoms with Gasteiger partial charge in [0.25, 0.3) is 0 Å². The van der Waals surface area contributed by atoms with Crippen LogP contribution in [0.1, 0.15) is 0 Å². The third-order valence-corrected chi connectivity index (χ3v) is 0. The maximum atomic E-state index is 7.17. The topological polar surface area (TPSA) is 60.7 Å². The molecule has 6 heteroatoms. The predicted octanol–water partition coefficient (Wildman–Crippen LogP) is -2.97. The molecular formula is H5BBaO3V. The first-order valence-corrected chi connectivity index (χ1v) is 0.775. The van der Waals surface area contributed by atoms with Gasteiger partial charge in [-0.05, 0) is 0 Å². The summed E-state index contributed by atoms with van der Waals surface area (Å²) in [7, 11) is -2.17. The molecule has 0 fully saturated rings. The van der Waals surface area contributed by atoms with Gasteiger partial charge in [-0.1, -0.05) is 0 Å². The molecule has 0 aliphatic carbocycles. The van der Waals surface area contributed by atoms with E-state index >= 15 is 0 Å². The molecule has 6 heavy (non-hydrogen) atoms. The SMILES string of the molecule is OB(O)O.[BaH2].[V]. The summed E-state index contributed by atoms with van der Waals surface area (Å²) >= 11 is 0. The first-order valence-electron chi connectivity index (χ1n) is 0.775. The Morgan fingerprint density at radius 1 is 1.00 bits per heavy atom. The van der Waals surface area contributed by atoms with Crippen LogP contribution in [0.25, 0.3) is 0 Å². The molecule has 0 saturated carbocycles. The van der Waals surface area contributed by atoms with Gasteiger partial charge >= 0.3 is 56.2 Å². The molecule has 0 rings (SSSR count). The molecule has 0 aromatic carbocycles. The molecule has 0 atom stereocenters. The van der Waals surface area contributed by atoms with Crippen LogP contribution >= 0.6 is 0 Å². The van der Waals surface area contributed by atoms with E-state index in [1.54, 1.807) is 0 Å².